The van der Waals surface area contributed by atoms with Gasteiger partial charge in [0.2, 0.25) is 0 Å². The minimum atomic E-state index is -0.371. The van der Waals surface area contributed by atoms with Crippen molar-refractivity contribution in [2.45, 2.75) is 19.6 Å². The molecule has 0 unspecified atom stereocenters. The fourth-order valence-electron chi connectivity index (χ4n) is 1.70. The van der Waals surface area contributed by atoms with Gasteiger partial charge in [0.25, 0.3) is 0 Å². The Balaban J connectivity index is 2.15. The van der Waals surface area contributed by atoms with Crippen LogP contribution in [0.1, 0.15) is 24.1 Å². The normalized spacial score (nSPS) is 12.2. The molecule has 2 N–H and O–H groups in total. The third kappa shape index (κ3) is 3.75. The number of halogens is 2. The molecule has 0 bridgehead atoms. The zero-order valence-corrected chi connectivity index (χ0v) is 12.0. The average molecular weight is 325 g/mol. The van der Waals surface area contributed by atoms with Crippen LogP contribution < -0.4 is 10.5 Å². The summed E-state index contributed by atoms with van der Waals surface area (Å²) >= 11 is 3.40. The molecule has 0 amide bonds. The van der Waals surface area contributed by atoms with Crippen molar-refractivity contribution in [3.63, 3.8) is 0 Å². The summed E-state index contributed by atoms with van der Waals surface area (Å²) in [5.41, 5.74) is 7.48. The number of benzene rings is 1. The van der Waals surface area contributed by atoms with Gasteiger partial charge in [-0.25, -0.2) is 4.39 Å². The minimum Gasteiger partial charge on any atom is -0.489 e. The molecule has 0 aliphatic rings. The smallest absolute Gasteiger partial charge is 0.141 e. The lowest BCUT2D eigenvalue weighted by molar-refractivity contribution is 0.300. The van der Waals surface area contributed by atoms with E-state index >= 15 is 0 Å². The van der Waals surface area contributed by atoms with Crippen molar-refractivity contribution in [2.75, 3.05) is 0 Å². The number of pyridine rings is 1. The largest absolute Gasteiger partial charge is 0.489 e. The van der Waals surface area contributed by atoms with Gasteiger partial charge in [-0.15, -0.1) is 0 Å². The van der Waals surface area contributed by atoms with Gasteiger partial charge in [-0.1, -0.05) is 15.9 Å². The predicted octanol–water partition coefficient (Wildman–Crippen LogP) is 3.58. The Bertz CT molecular complexity index is 575. The van der Waals surface area contributed by atoms with E-state index < -0.39 is 0 Å². The van der Waals surface area contributed by atoms with Gasteiger partial charge in [0.15, 0.2) is 0 Å². The summed E-state index contributed by atoms with van der Waals surface area (Å²) in [5, 5.41) is 0. The van der Waals surface area contributed by atoms with Crippen LogP contribution in [0.25, 0.3) is 0 Å². The van der Waals surface area contributed by atoms with Crippen molar-refractivity contribution in [3.8, 4) is 5.75 Å². The summed E-state index contributed by atoms with van der Waals surface area (Å²) in [6, 6.07) is 6.90. The highest BCUT2D eigenvalue weighted by atomic mass is 79.9. The summed E-state index contributed by atoms with van der Waals surface area (Å²) in [6.07, 6.45) is 2.74. The second-order valence-corrected chi connectivity index (χ2v) is 5.19. The van der Waals surface area contributed by atoms with Gasteiger partial charge in [0.05, 0.1) is 6.20 Å². The van der Waals surface area contributed by atoms with Crippen molar-refractivity contribution >= 4 is 15.9 Å². The van der Waals surface area contributed by atoms with E-state index in [9.17, 15) is 4.39 Å². The van der Waals surface area contributed by atoms with E-state index in [4.69, 9.17) is 10.5 Å². The van der Waals surface area contributed by atoms with E-state index in [1.807, 2.05) is 25.1 Å². The Morgan fingerprint density at radius 1 is 1.37 bits per heavy atom. The fourth-order valence-corrected chi connectivity index (χ4v) is 2.08. The van der Waals surface area contributed by atoms with Crippen molar-refractivity contribution in [2.24, 2.45) is 5.73 Å². The zero-order chi connectivity index (χ0) is 13.8. The van der Waals surface area contributed by atoms with Crippen LogP contribution in [-0.2, 0) is 6.61 Å². The Kier molecular flexibility index (Phi) is 4.50. The van der Waals surface area contributed by atoms with E-state index in [0.717, 1.165) is 16.2 Å². The first-order valence-electron chi connectivity index (χ1n) is 5.83. The molecule has 1 heterocycles. The van der Waals surface area contributed by atoms with E-state index in [1.165, 1.54) is 6.07 Å². The van der Waals surface area contributed by atoms with Crippen LogP contribution in [0.15, 0.2) is 41.1 Å². The van der Waals surface area contributed by atoms with Crippen LogP contribution >= 0.6 is 15.9 Å². The molecule has 1 aromatic heterocycles. The van der Waals surface area contributed by atoms with E-state index in [0.29, 0.717) is 11.3 Å². The van der Waals surface area contributed by atoms with Crippen LogP contribution in [0.3, 0.4) is 0 Å². The quantitative estimate of drug-likeness (QED) is 0.935. The van der Waals surface area contributed by atoms with Crippen molar-refractivity contribution in [3.05, 3.63) is 58.1 Å². The number of aromatic nitrogens is 1. The molecule has 5 heteroatoms. The molecule has 0 spiro atoms. The highest BCUT2D eigenvalue weighted by Gasteiger charge is 2.09. The molecule has 3 nitrogen and oxygen atoms in total. The van der Waals surface area contributed by atoms with Gasteiger partial charge in [0, 0.05) is 27.8 Å². The zero-order valence-electron chi connectivity index (χ0n) is 10.4. The third-order valence-corrected chi connectivity index (χ3v) is 3.11. The van der Waals surface area contributed by atoms with E-state index in [2.05, 4.69) is 20.9 Å². The first-order valence-corrected chi connectivity index (χ1v) is 6.63. The Labute approximate surface area is 119 Å². The molecule has 100 valence electrons. The number of hydrogen-bond acceptors (Lipinski definition) is 3. The molecule has 19 heavy (non-hydrogen) atoms. The molecule has 1 atom stereocenters. The van der Waals surface area contributed by atoms with Crippen LogP contribution in [0.2, 0.25) is 0 Å². The maximum Gasteiger partial charge on any atom is 0.141 e. The molecular weight excluding hydrogens is 311 g/mol. The lowest BCUT2D eigenvalue weighted by Crippen LogP contribution is -2.08. The van der Waals surface area contributed by atoms with Crippen LogP contribution in [0.5, 0.6) is 5.75 Å². The second-order valence-electron chi connectivity index (χ2n) is 4.27. The van der Waals surface area contributed by atoms with Gasteiger partial charge in [0.1, 0.15) is 18.2 Å². The highest BCUT2D eigenvalue weighted by molar-refractivity contribution is 9.10. The van der Waals surface area contributed by atoms with Crippen LogP contribution in [0.4, 0.5) is 4.39 Å². The summed E-state index contributed by atoms with van der Waals surface area (Å²) < 4.78 is 19.6. The molecule has 0 aliphatic heterocycles. The molecule has 2 aromatic rings. The summed E-state index contributed by atoms with van der Waals surface area (Å²) in [4.78, 5) is 3.78. The van der Waals surface area contributed by atoms with Crippen LogP contribution in [-0.4, -0.2) is 4.98 Å². The van der Waals surface area contributed by atoms with Gasteiger partial charge < -0.3 is 10.5 Å². The Morgan fingerprint density at radius 3 is 2.84 bits per heavy atom. The summed E-state index contributed by atoms with van der Waals surface area (Å²) in [6.45, 7) is 2.14. The third-order valence-electron chi connectivity index (χ3n) is 2.62. The average Bonchev–Trinajstić information content (AvgIpc) is 2.37. The van der Waals surface area contributed by atoms with Crippen molar-refractivity contribution in [1.29, 1.82) is 0 Å². The first-order chi connectivity index (χ1) is 9.06. The van der Waals surface area contributed by atoms with Crippen molar-refractivity contribution in [1.82, 2.24) is 4.98 Å². The summed E-state index contributed by atoms with van der Waals surface area (Å²) in [7, 11) is 0. The summed E-state index contributed by atoms with van der Waals surface area (Å²) in [5.74, 6) is 0.326. The standard InChI is InChI=1S/C14H14BrFN2O/c1-9(17)13-5-11(15)2-3-14(13)19-8-10-4-12(16)7-18-6-10/h2-7,9H,8,17H2,1H3/t9-/m0/s1. The van der Waals surface area contributed by atoms with Crippen LogP contribution in [0, 0.1) is 5.82 Å². The van der Waals surface area contributed by atoms with Gasteiger partial charge >= 0.3 is 0 Å². The topological polar surface area (TPSA) is 48.1 Å². The maximum absolute atomic E-state index is 13.0. The molecule has 2 rings (SSSR count). The number of nitrogens with zero attached hydrogens (tertiary/aromatic N) is 1. The van der Waals surface area contributed by atoms with Gasteiger partial charge in [-0.3, -0.25) is 4.98 Å². The molecule has 0 saturated heterocycles. The number of nitrogens with two attached hydrogens (primary N) is 1. The number of ether oxygens (including phenoxy) is 1. The SMILES string of the molecule is C[C@H](N)c1cc(Br)ccc1OCc1cncc(F)c1. The van der Waals surface area contributed by atoms with E-state index in [-0.39, 0.29) is 18.5 Å². The van der Waals surface area contributed by atoms with Crippen molar-refractivity contribution < 1.29 is 9.13 Å². The van der Waals surface area contributed by atoms with E-state index in [1.54, 1.807) is 6.20 Å². The lowest BCUT2D eigenvalue weighted by atomic mass is 10.1. The van der Waals surface area contributed by atoms with Gasteiger partial charge in [-0.2, -0.15) is 0 Å². The number of rotatable bonds is 4. The maximum atomic E-state index is 13.0. The lowest BCUT2D eigenvalue weighted by Gasteiger charge is -2.14. The highest BCUT2D eigenvalue weighted by Crippen LogP contribution is 2.28. The fraction of sp³-hybridized carbons (Fsp3) is 0.214. The molecule has 0 radical (unpaired) electrons. The Hall–Kier alpha value is -1.46. The predicted molar refractivity (Wildman–Crippen MR) is 75.3 cm³/mol. The Morgan fingerprint density at radius 2 is 2.16 bits per heavy atom. The monoisotopic (exact) mass is 324 g/mol. The number of hydrogen-bond donors (Lipinski definition) is 1. The first kappa shape index (κ1) is 14.0. The molecule has 0 aliphatic carbocycles. The molecule has 0 fully saturated rings. The second kappa shape index (κ2) is 6.12. The van der Waals surface area contributed by atoms with Gasteiger partial charge in [-0.05, 0) is 31.2 Å². The molecule has 1 aromatic carbocycles. The molecule has 0 saturated carbocycles. The molecular formula is C14H14BrFN2O. The minimum absolute atomic E-state index is 0.141.